The Morgan fingerprint density at radius 3 is 2.50 bits per heavy atom. The molecule has 0 radical (unpaired) electrons. The van der Waals surface area contributed by atoms with Crippen LogP contribution in [0.1, 0.15) is 12.5 Å². The Balaban J connectivity index is 1.58. The first-order valence-electron chi connectivity index (χ1n) is 9.82. The van der Waals surface area contributed by atoms with Crippen molar-refractivity contribution in [1.29, 1.82) is 0 Å². The lowest BCUT2D eigenvalue weighted by Gasteiger charge is -2.45. The van der Waals surface area contributed by atoms with Gasteiger partial charge in [-0.2, -0.15) is 0 Å². The number of nitro benzene ring substituents is 1. The lowest BCUT2D eigenvalue weighted by atomic mass is 9.83. The number of esters is 1. The van der Waals surface area contributed by atoms with E-state index in [1.54, 1.807) is 30.3 Å². The number of nitrogens with zero attached hydrogens (tertiary/aromatic N) is 2. The molecule has 166 valence electrons. The van der Waals surface area contributed by atoms with Crippen molar-refractivity contribution in [2.45, 2.75) is 36.7 Å². The molecule has 1 amide bonds. The zero-order valence-electron chi connectivity index (χ0n) is 16.9. The number of rotatable bonds is 7. The summed E-state index contributed by atoms with van der Waals surface area (Å²) >= 11 is 1.04. The van der Waals surface area contributed by atoms with E-state index in [0.29, 0.717) is 10.5 Å². The van der Waals surface area contributed by atoms with Gasteiger partial charge in [-0.05, 0) is 36.8 Å². The van der Waals surface area contributed by atoms with Gasteiger partial charge in [-0.25, -0.2) is 9.18 Å². The lowest BCUT2D eigenvalue weighted by molar-refractivity contribution is -0.384. The molecule has 0 aromatic heterocycles. The highest BCUT2D eigenvalue weighted by atomic mass is 32.2. The predicted molar refractivity (Wildman–Crippen MR) is 113 cm³/mol. The highest BCUT2D eigenvalue weighted by molar-refractivity contribution is 8.03. The number of hydrogen-bond acceptors (Lipinski definition) is 7. The van der Waals surface area contributed by atoms with E-state index in [9.17, 15) is 24.8 Å². The molecule has 10 heteroatoms. The minimum atomic E-state index is -1.64. The number of halogens is 1. The van der Waals surface area contributed by atoms with Gasteiger partial charge in [-0.1, -0.05) is 30.0 Å². The number of alkyl halides is 1. The number of fused-ring (bicyclic) bond motifs is 1. The Morgan fingerprint density at radius 1 is 1.25 bits per heavy atom. The van der Waals surface area contributed by atoms with E-state index in [1.807, 2.05) is 0 Å². The molecule has 2 aromatic rings. The Kier molecular flexibility index (Phi) is 5.98. The number of nitro groups is 1. The van der Waals surface area contributed by atoms with Crippen LogP contribution in [0.15, 0.2) is 70.1 Å². The number of carbonyl (C=O) groups is 2. The van der Waals surface area contributed by atoms with Crippen molar-refractivity contribution >= 4 is 29.3 Å². The summed E-state index contributed by atoms with van der Waals surface area (Å²) in [6.45, 7) is 1.22. The average molecular weight is 458 g/mol. The maximum Gasteiger partial charge on any atom is 0.356 e. The molecule has 2 heterocycles. The molecule has 1 saturated heterocycles. The fraction of sp³-hybridized carbons (Fsp3) is 0.273. The number of amides is 1. The van der Waals surface area contributed by atoms with Crippen LogP contribution in [0, 0.1) is 16.0 Å². The number of aliphatic hydroxyl groups is 1. The number of β-lactam (4-membered cyclic amide) rings is 1. The molecule has 8 nitrogen and oxygen atoms in total. The number of ether oxygens (including phenoxy) is 1. The van der Waals surface area contributed by atoms with E-state index < -0.39 is 41.0 Å². The number of carbonyl (C=O) groups excluding carboxylic acids is 2. The summed E-state index contributed by atoms with van der Waals surface area (Å²) in [5.41, 5.74) is 0.240. The normalized spacial score (nSPS) is 22.9. The maximum absolute atomic E-state index is 15.4. The van der Waals surface area contributed by atoms with Crippen LogP contribution in [0.5, 0.6) is 0 Å². The summed E-state index contributed by atoms with van der Waals surface area (Å²) < 4.78 is 20.7. The van der Waals surface area contributed by atoms with Gasteiger partial charge in [-0.3, -0.25) is 19.8 Å². The maximum atomic E-state index is 15.4. The van der Waals surface area contributed by atoms with Crippen LogP contribution in [-0.2, 0) is 20.9 Å². The summed E-state index contributed by atoms with van der Waals surface area (Å²) in [6, 6.07) is 13.4. The molecule has 2 aromatic carbocycles. The summed E-state index contributed by atoms with van der Waals surface area (Å²) in [7, 11) is 0. The van der Waals surface area contributed by atoms with E-state index in [0.717, 1.165) is 16.7 Å². The van der Waals surface area contributed by atoms with Gasteiger partial charge in [0.05, 0.1) is 27.9 Å². The van der Waals surface area contributed by atoms with Crippen molar-refractivity contribution in [2.24, 2.45) is 5.92 Å². The van der Waals surface area contributed by atoms with Crippen LogP contribution in [0.2, 0.25) is 0 Å². The van der Waals surface area contributed by atoms with Gasteiger partial charge in [0.15, 0.2) is 6.17 Å². The molecule has 0 bridgehead atoms. The van der Waals surface area contributed by atoms with Crippen LogP contribution in [0.25, 0.3) is 0 Å². The number of aliphatic hydroxyl groups excluding tert-OH is 1. The largest absolute Gasteiger partial charge is 0.456 e. The highest BCUT2D eigenvalue weighted by Gasteiger charge is 2.62. The molecule has 2 aliphatic heterocycles. The molecule has 1 N–H and O–H groups in total. The minimum absolute atomic E-state index is 0.0615. The van der Waals surface area contributed by atoms with Crippen molar-refractivity contribution < 1.29 is 28.7 Å². The average Bonchev–Trinajstić information content (AvgIpc) is 3.01. The molecular weight excluding hydrogens is 439 g/mol. The SMILES string of the molecule is C[C@@H](O)[C@H]1C(=O)N2C(C(=O)OCc3ccc([N+](=O)[O-])cc3)=C(Sc3ccccc3)[C@H](F)[C@H]12. The quantitative estimate of drug-likeness (QED) is 0.294. The molecule has 32 heavy (non-hydrogen) atoms. The predicted octanol–water partition coefficient (Wildman–Crippen LogP) is 3.20. The summed E-state index contributed by atoms with van der Waals surface area (Å²) in [5, 5.41) is 20.7. The number of benzene rings is 2. The van der Waals surface area contributed by atoms with Gasteiger partial charge in [0.1, 0.15) is 12.3 Å². The molecule has 0 spiro atoms. The zero-order valence-corrected chi connectivity index (χ0v) is 17.7. The van der Waals surface area contributed by atoms with Gasteiger partial charge in [0.2, 0.25) is 5.91 Å². The first-order valence-corrected chi connectivity index (χ1v) is 10.6. The summed E-state index contributed by atoms with van der Waals surface area (Å²) in [4.78, 5) is 37.6. The van der Waals surface area contributed by atoms with Crippen molar-refractivity contribution in [3.63, 3.8) is 0 Å². The van der Waals surface area contributed by atoms with Crippen LogP contribution >= 0.6 is 11.8 Å². The highest BCUT2D eigenvalue weighted by Crippen LogP contribution is 2.50. The Bertz CT molecular complexity index is 1090. The third-order valence-corrected chi connectivity index (χ3v) is 6.56. The Labute approximate surface area is 186 Å². The molecule has 0 saturated carbocycles. The summed E-state index contributed by atoms with van der Waals surface area (Å²) in [6.07, 6.45) is -2.69. The molecular formula is C22H19FN2O6S. The fourth-order valence-electron chi connectivity index (χ4n) is 3.85. The molecule has 1 fully saturated rings. The van der Waals surface area contributed by atoms with E-state index in [1.165, 1.54) is 31.2 Å². The van der Waals surface area contributed by atoms with Gasteiger partial charge >= 0.3 is 5.97 Å². The number of hydrogen-bond donors (Lipinski definition) is 1. The van der Waals surface area contributed by atoms with Crippen molar-refractivity contribution in [3.8, 4) is 0 Å². The van der Waals surface area contributed by atoms with Crippen LogP contribution in [0.4, 0.5) is 10.1 Å². The first-order chi connectivity index (χ1) is 15.3. The van der Waals surface area contributed by atoms with E-state index in [2.05, 4.69) is 0 Å². The fourth-order valence-corrected chi connectivity index (χ4v) is 4.93. The molecule has 2 aliphatic rings. The smallest absolute Gasteiger partial charge is 0.356 e. The Morgan fingerprint density at radius 2 is 1.91 bits per heavy atom. The third-order valence-electron chi connectivity index (χ3n) is 5.41. The van der Waals surface area contributed by atoms with Crippen molar-refractivity contribution in [2.75, 3.05) is 0 Å². The van der Waals surface area contributed by atoms with Crippen molar-refractivity contribution in [3.05, 3.63) is 80.9 Å². The summed E-state index contributed by atoms with van der Waals surface area (Å²) in [5.74, 6) is -2.33. The monoisotopic (exact) mass is 458 g/mol. The van der Waals surface area contributed by atoms with Gasteiger partial charge < -0.3 is 9.84 Å². The second-order valence-corrected chi connectivity index (χ2v) is 8.61. The van der Waals surface area contributed by atoms with Gasteiger partial charge in [0, 0.05) is 17.0 Å². The minimum Gasteiger partial charge on any atom is -0.456 e. The van der Waals surface area contributed by atoms with Crippen LogP contribution in [-0.4, -0.2) is 45.1 Å². The van der Waals surface area contributed by atoms with Gasteiger partial charge in [-0.15, -0.1) is 0 Å². The lowest BCUT2D eigenvalue weighted by Crippen LogP contribution is -2.64. The van der Waals surface area contributed by atoms with E-state index in [-0.39, 0.29) is 22.9 Å². The van der Waals surface area contributed by atoms with E-state index in [4.69, 9.17) is 4.74 Å². The van der Waals surface area contributed by atoms with Gasteiger partial charge in [0.25, 0.3) is 5.69 Å². The number of non-ortho nitro benzene ring substituents is 1. The number of thioether (sulfide) groups is 1. The second kappa shape index (κ2) is 8.71. The standard InChI is InChI=1S/C22H19FN2O6S/c1-12(26)16-18-17(23)20(32-15-5-3-2-4-6-15)19(24(18)21(16)27)22(28)31-11-13-7-9-14(10-8-13)25(29)30/h2-10,12,16-18,26H,11H2,1H3/t12-,16-,17-,18+/m1/s1. The van der Waals surface area contributed by atoms with Crippen molar-refractivity contribution in [1.82, 2.24) is 4.90 Å². The second-order valence-electron chi connectivity index (χ2n) is 7.49. The zero-order chi connectivity index (χ0) is 23.0. The topological polar surface area (TPSA) is 110 Å². The molecule has 0 unspecified atom stereocenters. The van der Waals surface area contributed by atoms with E-state index >= 15 is 4.39 Å². The first kappa shape index (κ1) is 22.0. The Hall–Kier alpha value is -3.24. The molecule has 4 rings (SSSR count). The van der Waals surface area contributed by atoms with Crippen LogP contribution < -0.4 is 0 Å². The third kappa shape index (κ3) is 3.87. The molecule has 0 aliphatic carbocycles. The van der Waals surface area contributed by atoms with Crippen LogP contribution in [0.3, 0.4) is 0 Å². The molecule has 4 atom stereocenters.